The predicted molar refractivity (Wildman–Crippen MR) is 77.3 cm³/mol. The summed E-state index contributed by atoms with van der Waals surface area (Å²) in [5.74, 6) is 0.737. The van der Waals surface area contributed by atoms with Gasteiger partial charge in [0.2, 0.25) is 0 Å². The van der Waals surface area contributed by atoms with Gasteiger partial charge < -0.3 is 5.32 Å². The van der Waals surface area contributed by atoms with E-state index in [-0.39, 0.29) is 0 Å². The summed E-state index contributed by atoms with van der Waals surface area (Å²) in [6.45, 7) is 6.01. The molecule has 1 N–H and O–H groups in total. The Kier molecular flexibility index (Phi) is 4.41. The summed E-state index contributed by atoms with van der Waals surface area (Å²) in [6.07, 6.45) is 5.57. The van der Waals surface area contributed by atoms with Crippen molar-refractivity contribution in [1.29, 1.82) is 0 Å². The molecule has 1 aromatic rings. The van der Waals surface area contributed by atoms with Gasteiger partial charge in [-0.2, -0.15) is 0 Å². The molecule has 0 aliphatic heterocycles. The molecule has 2 heteroatoms. The van der Waals surface area contributed by atoms with Crippen molar-refractivity contribution >= 4 is 15.9 Å². The van der Waals surface area contributed by atoms with Gasteiger partial charge in [-0.15, -0.1) is 6.58 Å². The van der Waals surface area contributed by atoms with Crippen LogP contribution in [0.25, 0.3) is 0 Å². The summed E-state index contributed by atoms with van der Waals surface area (Å²) in [5, 5.41) is 3.65. The number of hydrogen-bond donors (Lipinski definition) is 1. The van der Waals surface area contributed by atoms with E-state index in [1.54, 1.807) is 0 Å². The molecule has 0 bridgehead atoms. The number of benzene rings is 1. The second-order valence-corrected chi connectivity index (χ2v) is 5.93. The summed E-state index contributed by atoms with van der Waals surface area (Å²) in [7, 11) is 0. The lowest BCUT2D eigenvalue weighted by Crippen LogP contribution is -2.44. The van der Waals surface area contributed by atoms with Gasteiger partial charge in [-0.05, 0) is 49.8 Å². The van der Waals surface area contributed by atoms with Crippen LogP contribution in [0.15, 0.2) is 41.4 Å². The van der Waals surface area contributed by atoms with E-state index in [1.807, 2.05) is 6.08 Å². The summed E-state index contributed by atoms with van der Waals surface area (Å²) in [6, 6.07) is 9.94. The maximum absolute atomic E-state index is 3.78. The molecule has 1 fully saturated rings. The minimum atomic E-state index is 0.556. The third-order valence-corrected chi connectivity index (χ3v) is 3.99. The van der Waals surface area contributed by atoms with Crippen molar-refractivity contribution in [1.82, 2.24) is 5.32 Å². The van der Waals surface area contributed by atoms with E-state index < -0.39 is 0 Å². The van der Waals surface area contributed by atoms with Gasteiger partial charge in [-0.1, -0.05) is 34.1 Å². The fraction of sp³-hybridized carbons (Fsp3) is 0.467. The van der Waals surface area contributed by atoms with E-state index in [0.717, 1.165) is 12.3 Å². The molecule has 1 aliphatic carbocycles. The molecule has 0 amide bonds. The molecule has 17 heavy (non-hydrogen) atoms. The van der Waals surface area contributed by atoms with Crippen molar-refractivity contribution in [2.45, 2.75) is 44.2 Å². The van der Waals surface area contributed by atoms with Crippen molar-refractivity contribution in [3.8, 4) is 0 Å². The molecule has 1 saturated carbocycles. The van der Waals surface area contributed by atoms with Gasteiger partial charge in [0.15, 0.2) is 0 Å². The minimum Gasteiger partial charge on any atom is -0.311 e. The Balaban J connectivity index is 1.80. The van der Waals surface area contributed by atoms with Crippen LogP contribution < -0.4 is 5.32 Å². The van der Waals surface area contributed by atoms with Crippen LogP contribution in [0.5, 0.6) is 0 Å². The molecule has 1 unspecified atom stereocenters. The van der Waals surface area contributed by atoms with Gasteiger partial charge >= 0.3 is 0 Å². The molecule has 1 aromatic carbocycles. The Hall–Kier alpha value is -0.600. The van der Waals surface area contributed by atoms with Crippen molar-refractivity contribution in [2.75, 3.05) is 0 Å². The quantitative estimate of drug-likeness (QED) is 0.801. The predicted octanol–water partition coefficient (Wildman–Crippen LogP) is 4.25. The molecular formula is C15H20BrN. The number of halogens is 1. The van der Waals surface area contributed by atoms with Crippen LogP contribution in [-0.2, 0) is 0 Å². The monoisotopic (exact) mass is 293 g/mol. The van der Waals surface area contributed by atoms with E-state index in [9.17, 15) is 0 Å². The maximum atomic E-state index is 3.78. The van der Waals surface area contributed by atoms with Crippen LogP contribution in [0.1, 0.15) is 37.7 Å². The summed E-state index contributed by atoms with van der Waals surface area (Å²) < 4.78 is 1.19. The Labute approximate surface area is 112 Å². The number of rotatable bonds is 5. The normalized spacial score (nSPS) is 25.1. The Morgan fingerprint density at radius 1 is 1.53 bits per heavy atom. The molecule has 0 heterocycles. The third kappa shape index (κ3) is 3.43. The van der Waals surface area contributed by atoms with Gasteiger partial charge in [-0.3, -0.25) is 0 Å². The van der Waals surface area contributed by atoms with Crippen molar-refractivity contribution in [3.05, 3.63) is 47.0 Å². The highest BCUT2D eigenvalue weighted by atomic mass is 79.9. The summed E-state index contributed by atoms with van der Waals surface area (Å²) in [4.78, 5) is 0. The fourth-order valence-corrected chi connectivity index (χ4v) is 2.92. The Morgan fingerprint density at radius 3 is 2.94 bits per heavy atom. The van der Waals surface area contributed by atoms with E-state index in [1.165, 1.54) is 22.9 Å². The summed E-state index contributed by atoms with van der Waals surface area (Å²) >= 11 is 3.53. The Bertz CT molecular complexity index is 382. The molecule has 0 spiro atoms. The van der Waals surface area contributed by atoms with E-state index in [0.29, 0.717) is 12.1 Å². The standard InChI is InChI=1S/C15H20BrN/c1-3-5-11(2)17-15-9-13(10-15)12-6-4-7-14(16)8-12/h3-4,6-8,11,13,15,17H,1,5,9-10H2,2H3. The zero-order valence-electron chi connectivity index (χ0n) is 10.3. The SMILES string of the molecule is C=CCC(C)NC1CC(c2cccc(Br)c2)C1. The maximum Gasteiger partial charge on any atom is 0.0178 e. The average molecular weight is 294 g/mol. The van der Waals surface area contributed by atoms with Gasteiger partial charge in [0.25, 0.3) is 0 Å². The lowest BCUT2D eigenvalue weighted by atomic mass is 9.75. The lowest BCUT2D eigenvalue weighted by Gasteiger charge is -2.38. The average Bonchev–Trinajstić information content (AvgIpc) is 2.23. The van der Waals surface area contributed by atoms with Crippen molar-refractivity contribution in [2.24, 2.45) is 0 Å². The molecule has 1 atom stereocenters. The first kappa shape index (κ1) is 12.8. The van der Waals surface area contributed by atoms with Gasteiger partial charge in [0.05, 0.1) is 0 Å². The van der Waals surface area contributed by atoms with Crippen molar-refractivity contribution < 1.29 is 0 Å². The van der Waals surface area contributed by atoms with Crippen LogP contribution >= 0.6 is 15.9 Å². The van der Waals surface area contributed by atoms with Crippen LogP contribution in [0.3, 0.4) is 0 Å². The molecule has 0 radical (unpaired) electrons. The third-order valence-electron chi connectivity index (χ3n) is 3.50. The van der Waals surface area contributed by atoms with Gasteiger partial charge in [0.1, 0.15) is 0 Å². The minimum absolute atomic E-state index is 0.556. The fourth-order valence-electron chi connectivity index (χ4n) is 2.51. The zero-order chi connectivity index (χ0) is 12.3. The Morgan fingerprint density at radius 2 is 2.29 bits per heavy atom. The molecule has 1 aliphatic rings. The van der Waals surface area contributed by atoms with E-state index in [2.05, 4.69) is 59.0 Å². The van der Waals surface area contributed by atoms with Gasteiger partial charge in [0, 0.05) is 16.6 Å². The van der Waals surface area contributed by atoms with Crippen molar-refractivity contribution in [3.63, 3.8) is 0 Å². The number of nitrogens with one attached hydrogen (secondary N) is 1. The van der Waals surface area contributed by atoms with Gasteiger partial charge in [-0.25, -0.2) is 0 Å². The van der Waals surface area contributed by atoms with Crippen LogP contribution in [-0.4, -0.2) is 12.1 Å². The van der Waals surface area contributed by atoms with Crippen LogP contribution in [0, 0.1) is 0 Å². The molecule has 2 rings (SSSR count). The molecule has 92 valence electrons. The number of hydrogen-bond acceptors (Lipinski definition) is 1. The summed E-state index contributed by atoms with van der Waals surface area (Å²) in [5.41, 5.74) is 1.47. The first-order valence-electron chi connectivity index (χ1n) is 6.31. The highest BCUT2D eigenvalue weighted by molar-refractivity contribution is 9.10. The molecule has 1 nitrogen and oxygen atoms in total. The topological polar surface area (TPSA) is 12.0 Å². The lowest BCUT2D eigenvalue weighted by molar-refractivity contribution is 0.270. The van der Waals surface area contributed by atoms with Crippen LogP contribution in [0.2, 0.25) is 0 Å². The molecule has 0 aromatic heterocycles. The van der Waals surface area contributed by atoms with E-state index >= 15 is 0 Å². The smallest absolute Gasteiger partial charge is 0.0178 e. The zero-order valence-corrected chi connectivity index (χ0v) is 11.9. The largest absolute Gasteiger partial charge is 0.311 e. The molecule has 0 saturated heterocycles. The second-order valence-electron chi connectivity index (χ2n) is 5.01. The second kappa shape index (κ2) is 5.83. The van der Waals surface area contributed by atoms with E-state index in [4.69, 9.17) is 0 Å². The highest BCUT2D eigenvalue weighted by Gasteiger charge is 2.30. The first-order valence-corrected chi connectivity index (χ1v) is 7.10. The molecular weight excluding hydrogens is 274 g/mol. The first-order chi connectivity index (χ1) is 8.19. The van der Waals surface area contributed by atoms with Crippen LogP contribution in [0.4, 0.5) is 0 Å². The highest BCUT2D eigenvalue weighted by Crippen LogP contribution is 2.37.